The van der Waals surface area contributed by atoms with Gasteiger partial charge in [0.15, 0.2) is 0 Å². The Morgan fingerprint density at radius 3 is 2.30 bits per heavy atom. The molecule has 1 saturated heterocycles. The molecule has 2 heteroatoms. The second-order valence-corrected chi connectivity index (χ2v) is 7.57. The van der Waals surface area contributed by atoms with Gasteiger partial charge in [-0.25, -0.2) is 0 Å². The molecule has 2 aliphatic heterocycles. The summed E-state index contributed by atoms with van der Waals surface area (Å²) in [5, 5.41) is 0. The minimum Gasteiger partial charge on any atom is -0.298 e. The monoisotopic (exact) mass is 272 g/mol. The second-order valence-electron chi connectivity index (χ2n) is 7.57. The molecule has 0 unspecified atom stereocenters. The van der Waals surface area contributed by atoms with Gasteiger partial charge in [0.25, 0.3) is 0 Å². The average Bonchev–Trinajstić information content (AvgIpc) is 2.80. The molecule has 0 aliphatic carbocycles. The maximum absolute atomic E-state index is 2.70. The molecule has 0 bridgehead atoms. The van der Waals surface area contributed by atoms with Gasteiger partial charge in [0.2, 0.25) is 0 Å². The van der Waals surface area contributed by atoms with Gasteiger partial charge < -0.3 is 0 Å². The highest BCUT2D eigenvalue weighted by Crippen LogP contribution is 2.30. The number of benzene rings is 1. The number of piperidine rings is 1. The van der Waals surface area contributed by atoms with Crippen molar-refractivity contribution in [3.8, 4) is 0 Å². The summed E-state index contributed by atoms with van der Waals surface area (Å²) in [6, 6.07) is 7.74. The number of hydrogen-bond donors (Lipinski definition) is 0. The van der Waals surface area contributed by atoms with E-state index in [2.05, 4.69) is 55.7 Å². The molecule has 0 aromatic heterocycles. The molecule has 0 spiro atoms. The third-order valence-electron chi connectivity index (χ3n) is 5.04. The van der Waals surface area contributed by atoms with Gasteiger partial charge >= 0.3 is 0 Å². The molecule has 1 aromatic carbocycles. The van der Waals surface area contributed by atoms with Gasteiger partial charge in [-0.15, -0.1) is 0 Å². The Hall–Kier alpha value is -0.860. The largest absolute Gasteiger partial charge is 0.298 e. The highest BCUT2D eigenvalue weighted by molar-refractivity contribution is 5.34. The molecular formula is C18H28N2. The van der Waals surface area contributed by atoms with E-state index in [-0.39, 0.29) is 0 Å². The first kappa shape index (κ1) is 14.1. The van der Waals surface area contributed by atoms with Gasteiger partial charge in [-0.05, 0) is 51.7 Å². The third kappa shape index (κ3) is 2.77. The molecule has 2 nitrogen and oxygen atoms in total. The van der Waals surface area contributed by atoms with Gasteiger partial charge in [-0.2, -0.15) is 0 Å². The standard InChI is InChI=1S/C18H28N2/c1-14-5-6-15-12-19(13-16(15)11-14)17-7-9-20(10-8-17)18(2,3)4/h5-6,11,17H,7-10,12-13H2,1-4H3. The first-order chi connectivity index (χ1) is 9.43. The molecule has 0 atom stereocenters. The number of aryl methyl sites for hydroxylation is 1. The lowest BCUT2D eigenvalue weighted by Crippen LogP contribution is -2.50. The van der Waals surface area contributed by atoms with Crippen LogP contribution in [-0.4, -0.2) is 34.5 Å². The van der Waals surface area contributed by atoms with Crippen LogP contribution >= 0.6 is 0 Å². The average molecular weight is 272 g/mol. The SMILES string of the molecule is Cc1ccc2c(c1)CN(C1CCN(C(C)(C)C)CC1)C2. The van der Waals surface area contributed by atoms with Crippen LogP contribution in [0.2, 0.25) is 0 Å². The van der Waals surface area contributed by atoms with Crippen LogP contribution in [0.25, 0.3) is 0 Å². The van der Waals surface area contributed by atoms with E-state index >= 15 is 0 Å². The zero-order chi connectivity index (χ0) is 14.3. The van der Waals surface area contributed by atoms with E-state index in [1.165, 1.54) is 31.5 Å². The Morgan fingerprint density at radius 1 is 1.00 bits per heavy atom. The molecule has 1 aromatic rings. The summed E-state index contributed by atoms with van der Waals surface area (Å²) in [5.74, 6) is 0. The first-order valence-corrected chi connectivity index (χ1v) is 8.01. The molecule has 2 heterocycles. The maximum Gasteiger partial charge on any atom is 0.0243 e. The lowest BCUT2D eigenvalue weighted by Gasteiger charge is -2.43. The van der Waals surface area contributed by atoms with Crippen LogP contribution in [0.5, 0.6) is 0 Å². The van der Waals surface area contributed by atoms with Crippen molar-refractivity contribution in [2.45, 2.75) is 65.2 Å². The number of likely N-dealkylation sites (tertiary alicyclic amines) is 1. The Bertz CT molecular complexity index is 479. The number of rotatable bonds is 1. The topological polar surface area (TPSA) is 6.48 Å². The molecule has 0 amide bonds. The van der Waals surface area contributed by atoms with Gasteiger partial charge in [0, 0.05) is 37.8 Å². The van der Waals surface area contributed by atoms with E-state index in [4.69, 9.17) is 0 Å². The molecule has 0 saturated carbocycles. The lowest BCUT2D eigenvalue weighted by atomic mass is 9.97. The Morgan fingerprint density at radius 2 is 1.65 bits per heavy atom. The summed E-state index contributed by atoms with van der Waals surface area (Å²) >= 11 is 0. The van der Waals surface area contributed by atoms with Crippen molar-refractivity contribution in [3.63, 3.8) is 0 Å². The predicted octanol–water partition coefficient (Wildman–Crippen LogP) is 3.57. The quantitative estimate of drug-likeness (QED) is 0.771. The fraction of sp³-hybridized carbons (Fsp3) is 0.667. The van der Waals surface area contributed by atoms with Crippen molar-refractivity contribution < 1.29 is 0 Å². The van der Waals surface area contributed by atoms with Crippen molar-refractivity contribution in [2.75, 3.05) is 13.1 Å². The summed E-state index contributed by atoms with van der Waals surface area (Å²) in [5.41, 5.74) is 4.83. The highest BCUT2D eigenvalue weighted by atomic mass is 15.2. The van der Waals surface area contributed by atoms with E-state index in [1.54, 1.807) is 11.1 Å². The zero-order valence-corrected chi connectivity index (χ0v) is 13.4. The highest BCUT2D eigenvalue weighted by Gasteiger charge is 2.32. The van der Waals surface area contributed by atoms with Crippen LogP contribution in [0.3, 0.4) is 0 Å². The van der Waals surface area contributed by atoms with Crippen LogP contribution in [-0.2, 0) is 13.1 Å². The number of fused-ring (bicyclic) bond motifs is 1. The summed E-state index contributed by atoms with van der Waals surface area (Å²) in [6.07, 6.45) is 2.65. The minimum absolute atomic E-state index is 0.329. The van der Waals surface area contributed by atoms with Crippen LogP contribution in [0.15, 0.2) is 18.2 Å². The third-order valence-corrected chi connectivity index (χ3v) is 5.04. The summed E-state index contributed by atoms with van der Waals surface area (Å²) in [7, 11) is 0. The van der Waals surface area contributed by atoms with Crippen LogP contribution in [0.4, 0.5) is 0 Å². The molecule has 110 valence electrons. The first-order valence-electron chi connectivity index (χ1n) is 8.01. The van der Waals surface area contributed by atoms with Gasteiger partial charge in [-0.1, -0.05) is 23.8 Å². The van der Waals surface area contributed by atoms with Crippen molar-refractivity contribution in [1.29, 1.82) is 0 Å². The van der Waals surface area contributed by atoms with Crippen molar-refractivity contribution in [2.24, 2.45) is 0 Å². The smallest absolute Gasteiger partial charge is 0.0243 e. The molecule has 0 radical (unpaired) electrons. The molecular weight excluding hydrogens is 244 g/mol. The summed E-state index contributed by atoms with van der Waals surface area (Å²) < 4.78 is 0. The van der Waals surface area contributed by atoms with Gasteiger partial charge in [-0.3, -0.25) is 9.80 Å². The van der Waals surface area contributed by atoms with E-state index in [9.17, 15) is 0 Å². The zero-order valence-electron chi connectivity index (χ0n) is 13.4. The lowest BCUT2D eigenvalue weighted by molar-refractivity contribution is 0.0551. The van der Waals surface area contributed by atoms with Crippen molar-refractivity contribution >= 4 is 0 Å². The Balaban J connectivity index is 1.61. The number of nitrogens with zero attached hydrogens (tertiary/aromatic N) is 2. The Labute approximate surface area is 123 Å². The molecule has 2 aliphatic rings. The Kier molecular flexibility index (Phi) is 3.64. The van der Waals surface area contributed by atoms with Gasteiger partial charge in [0.05, 0.1) is 0 Å². The fourth-order valence-electron chi connectivity index (χ4n) is 3.71. The fourth-order valence-corrected chi connectivity index (χ4v) is 3.71. The molecule has 3 rings (SSSR count). The van der Waals surface area contributed by atoms with Crippen molar-refractivity contribution in [1.82, 2.24) is 9.80 Å². The molecule has 1 fully saturated rings. The van der Waals surface area contributed by atoms with Gasteiger partial charge in [0.1, 0.15) is 0 Å². The van der Waals surface area contributed by atoms with Crippen LogP contribution in [0.1, 0.15) is 50.3 Å². The van der Waals surface area contributed by atoms with Crippen LogP contribution in [0, 0.1) is 6.92 Å². The van der Waals surface area contributed by atoms with E-state index in [0.717, 1.165) is 19.1 Å². The van der Waals surface area contributed by atoms with E-state index in [0.29, 0.717) is 5.54 Å². The van der Waals surface area contributed by atoms with Crippen LogP contribution < -0.4 is 0 Å². The minimum atomic E-state index is 0.329. The van der Waals surface area contributed by atoms with E-state index < -0.39 is 0 Å². The maximum atomic E-state index is 2.70. The molecule has 0 N–H and O–H groups in total. The van der Waals surface area contributed by atoms with Crippen molar-refractivity contribution in [3.05, 3.63) is 34.9 Å². The second kappa shape index (κ2) is 5.16. The number of hydrogen-bond acceptors (Lipinski definition) is 2. The predicted molar refractivity (Wildman–Crippen MR) is 84.8 cm³/mol. The van der Waals surface area contributed by atoms with E-state index in [1.807, 2.05) is 0 Å². The summed E-state index contributed by atoms with van der Waals surface area (Å²) in [4.78, 5) is 5.33. The summed E-state index contributed by atoms with van der Waals surface area (Å²) in [6.45, 7) is 14.0. The molecule has 20 heavy (non-hydrogen) atoms. The normalized spacial score (nSPS) is 22.2.